The third-order valence-corrected chi connectivity index (χ3v) is 3.82. The van der Waals surface area contributed by atoms with Gasteiger partial charge in [0.1, 0.15) is 0 Å². The Labute approximate surface area is 140 Å². The van der Waals surface area contributed by atoms with Crippen molar-refractivity contribution in [1.29, 1.82) is 0 Å². The van der Waals surface area contributed by atoms with E-state index in [2.05, 4.69) is 5.32 Å². The van der Waals surface area contributed by atoms with Gasteiger partial charge in [0.25, 0.3) is 0 Å². The molecular weight excluding hydrogens is 318 g/mol. The summed E-state index contributed by atoms with van der Waals surface area (Å²) >= 11 is 6.12. The third kappa shape index (κ3) is 3.46. The summed E-state index contributed by atoms with van der Waals surface area (Å²) in [5.74, 6) is 2.89. The topological polar surface area (TPSA) is 49.0 Å². The van der Waals surface area contributed by atoms with E-state index in [9.17, 15) is 0 Å². The molecule has 0 saturated heterocycles. The van der Waals surface area contributed by atoms with Crippen LogP contribution in [0.4, 0.5) is 0 Å². The minimum absolute atomic E-state index is 0.283. The minimum Gasteiger partial charge on any atom is -0.493 e. The molecule has 0 radical (unpaired) electrons. The highest BCUT2D eigenvalue weighted by atomic mass is 35.5. The maximum absolute atomic E-state index is 6.12. The van der Waals surface area contributed by atoms with Crippen molar-refractivity contribution in [2.75, 3.05) is 21.0 Å². The van der Waals surface area contributed by atoms with Gasteiger partial charge in [-0.15, -0.1) is 0 Å². The van der Waals surface area contributed by atoms with Gasteiger partial charge >= 0.3 is 0 Å². The van der Waals surface area contributed by atoms with Crippen LogP contribution in [0.2, 0.25) is 5.02 Å². The molecule has 6 heteroatoms. The Hall–Kier alpha value is -2.11. The Balaban J connectivity index is 1.68. The summed E-state index contributed by atoms with van der Waals surface area (Å²) in [7, 11) is 3.21. The highest BCUT2D eigenvalue weighted by Gasteiger charge is 2.14. The van der Waals surface area contributed by atoms with Crippen molar-refractivity contribution in [2.45, 2.75) is 13.1 Å². The van der Waals surface area contributed by atoms with Gasteiger partial charge in [-0.3, -0.25) is 0 Å². The van der Waals surface area contributed by atoms with Crippen molar-refractivity contribution < 1.29 is 18.9 Å². The van der Waals surface area contributed by atoms with Crippen LogP contribution in [0.1, 0.15) is 11.1 Å². The summed E-state index contributed by atoms with van der Waals surface area (Å²) in [6, 6.07) is 9.51. The molecule has 0 unspecified atom stereocenters. The van der Waals surface area contributed by atoms with Crippen LogP contribution in [0.5, 0.6) is 23.0 Å². The molecule has 5 nitrogen and oxygen atoms in total. The molecular formula is C17H18ClNO4. The number of fused-ring (bicyclic) bond motifs is 1. The average Bonchev–Trinajstić information content (AvgIpc) is 3.02. The van der Waals surface area contributed by atoms with Crippen LogP contribution in [0.25, 0.3) is 0 Å². The summed E-state index contributed by atoms with van der Waals surface area (Å²) < 4.78 is 21.4. The average molecular weight is 336 g/mol. The van der Waals surface area contributed by atoms with E-state index < -0.39 is 0 Å². The number of hydrogen-bond donors (Lipinski definition) is 1. The lowest BCUT2D eigenvalue weighted by molar-refractivity contribution is 0.174. The van der Waals surface area contributed by atoms with Crippen molar-refractivity contribution in [1.82, 2.24) is 5.32 Å². The van der Waals surface area contributed by atoms with Crippen LogP contribution in [0, 0.1) is 0 Å². The van der Waals surface area contributed by atoms with Crippen LogP contribution < -0.4 is 24.3 Å². The van der Waals surface area contributed by atoms with Gasteiger partial charge in [-0.1, -0.05) is 17.7 Å². The van der Waals surface area contributed by atoms with E-state index in [-0.39, 0.29) is 6.79 Å². The lowest BCUT2D eigenvalue weighted by Gasteiger charge is -2.14. The van der Waals surface area contributed by atoms with Crippen molar-refractivity contribution >= 4 is 11.6 Å². The first kappa shape index (κ1) is 15.8. The number of benzene rings is 2. The Morgan fingerprint density at radius 1 is 1.04 bits per heavy atom. The van der Waals surface area contributed by atoms with E-state index in [1.165, 1.54) is 0 Å². The Morgan fingerprint density at radius 2 is 1.87 bits per heavy atom. The van der Waals surface area contributed by atoms with E-state index >= 15 is 0 Å². The Bertz CT molecular complexity index is 705. The second-order valence-electron chi connectivity index (χ2n) is 5.09. The first-order chi connectivity index (χ1) is 11.2. The monoisotopic (exact) mass is 335 g/mol. The molecule has 0 fully saturated rings. The molecule has 1 heterocycles. The van der Waals surface area contributed by atoms with Crippen LogP contribution in [0.3, 0.4) is 0 Å². The van der Waals surface area contributed by atoms with Gasteiger partial charge in [-0.25, -0.2) is 0 Å². The van der Waals surface area contributed by atoms with Gasteiger partial charge in [0, 0.05) is 29.7 Å². The summed E-state index contributed by atoms with van der Waals surface area (Å²) in [6.07, 6.45) is 0. The molecule has 0 aliphatic carbocycles. The summed E-state index contributed by atoms with van der Waals surface area (Å²) in [5, 5.41) is 3.99. The lowest BCUT2D eigenvalue weighted by atomic mass is 10.1. The third-order valence-electron chi connectivity index (χ3n) is 3.60. The van der Waals surface area contributed by atoms with Crippen LogP contribution >= 0.6 is 11.6 Å². The van der Waals surface area contributed by atoms with Gasteiger partial charge in [0.2, 0.25) is 6.79 Å². The van der Waals surface area contributed by atoms with Crippen LogP contribution in [-0.4, -0.2) is 21.0 Å². The molecule has 0 amide bonds. The van der Waals surface area contributed by atoms with E-state index in [4.69, 9.17) is 30.5 Å². The van der Waals surface area contributed by atoms with Crippen molar-refractivity contribution in [3.05, 3.63) is 46.5 Å². The molecule has 2 aromatic carbocycles. The maximum atomic E-state index is 6.12. The van der Waals surface area contributed by atoms with Crippen molar-refractivity contribution in [3.63, 3.8) is 0 Å². The van der Waals surface area contributed by atoms with Crippen molar-refractivity contribution in [3.8, 4) is 23.0 Å². The molecule has 0 bridgehead atoms. The predicted molar refractivity (Wildman–Crippen MR) is 87.7 cm³/mol. The molecule has 0 atom stereocenters. The molecule has 0 spiro atoms. The number of halogens is 1. The zero-order valence-corrected chi connectivity index (χ0v) is 13.8. The number of hydrogen-bond acceptors (Lipinski definition) is 5. The number of rotatable bonds is 6. The predicted octanol–water partition coefficient (Wildman–Crippen LogP) is 3.38. The maximum Gasteiger partial charge on any atom is 0.231 e. The molecule has 1 N–H and O–H groups in total. The van der Waals surface area contributed by atoms with Gasteiger partial charge in [-0.05, 0) is 23.8 Å². The number of methoxy groups -OCH3 is 2. The minimum atomic E-state index is 0.283. The zero-order valence-electron chi connectivity index (χ0n) is 13.0. The fourth-order valence-corrected chi connectivity index (χ4v) is 2.76. The molecule has 0 saturated carbocycles. The van der Waals surface area contributed by atoms with E-state index in [1.807, 2.05) is 24.3 Å². The molecule has 0 aromatic heterocycles. The van der Waals surface area contributed by atoms with Gasteiger partial charge in [0.15, 0.2) is 23.0 Å². The summed E-state index contributed by atoms with van der Waals surface area (Å²) in [4.78, 5) is 0. The Kier molecular flexibility index (Phi) is 4.79. The molecule has 3 rings (SSSR count). The van der Waals surface area contributed by atoms with Crippen LogP contribution in [-0.2, 0) is 13.1 Å². The fourth-order valence-electron chi connectivity index (χ4n) is 2.53. The quantitative estimate of drug-likeness (QED) is 0.877. The first-order valence-corrected chi connectivity index (χ1v) is 7.58. The number of ether oxygens (including phenoxy) is 4. The first-order valence-electron chi connectivity index (χ1n) is 7.21. The van der Waals surface area contributed by atoms with Gasteiger partial charge < -0.3 is 24.3 Å². The van der Waals surface area contributed by atoms with Crippen molar-refractivity contribution in [2.24, 2.45) is 0 Å². The SMILES string of the molecule is COc1cc(Cl)cc(CNCc2ccc3c(c2)OCO3)c1OC. The number of nitrogens with one attached hydrogen (secondary N) is 1. The smallest absolute Gasteiger partial charge is 0.231 e. The second kappa shape index (κ2) is 6.98. The Morgan fingerprint density at radius 3 is 2.65 bits per heavy atom. The van der Waals surface area contributed by atoms with E-state index in [0.717, 1.165) is 22.6 Å². The van der Waals surface area contributed by atoms with E-state index in [1.54, 1.807) is 20.3 Å². The largest absolute Gasteiger partial charge is 0.493 e. The highest BCUT2D eigenvalue weighted by Crippen LogP contribution is 2.35. The van der Waals surface area contributed by atoms with Crippen LogP contribution in [0.15, 0.2) is 30.3 Å². The van der Waals surface area contributed by atoms with Gasteiger partial charge in [0.05, 0.1) is 14.2 Å². The highest BCUT2D eigenvalue weighted by molar-refractivity contribution is 6.30. The molecule has 1 aliphatic heterocycles. The lowest BCUT2D eigenvalue weighted by Crippen LogP contribution is -2.13. The molecule has 2 aromatic rings. The van der Waals surface area contributed by atoms with E-state index in [0.29, 0.717) is 29.6 Å². The molecule has 1 aliphatic rings. The molecule has 23 heavy (non-hydrogen) atoms. The molecule has 122 valence electrons. The van der Waals surface area contributed by atoms with Gasteiger partial charge in [-0.2, -0.15) is 0 Å². The second-order valence-corrected chi connectivity index (χ2v) is 5.53. The summed E-state index contributed by atoms with van der Waals surface area (Å²) in [6.45, 7) is 1.58. The normalized spacial score (nSPS) is 12.3. The summed E-state index contributed by atoms with van der Waals surface area (Å²) in [5.41, 5.74) is 2.06. The zero-order chi connectivity index (χ0) is 16.2. The standard InChI is InChI=1S/C17H18ClNO4/c1-20-16-7-13(18)6-12(17(16)21-2)9-19-8-11-3-4-14-15(5-11)23-10-22-14/h3-7,19H,8-10H2,1-2H3. The fraction of sp³-hybridized carbons (Fsp3) is 0.294.